The minimum Gasteiger partial charge on any atom is -0.459 e. The van der Waals surface area contributed by atoms with E-state index in [1.807, 2.05) is 12.1 Å². The van der Waals surface area contributed by atoms with E-state index in [1.54, 1.807) is 0 Å². The van der Waals surface area contributed by atoms with E-state index < -0.39 is 0 Å². The van der Waals surface area contributed by atoms with E-state index in [0.29, 0.717) is 0 Å². The molecular formula is C20H22ClNO. The molecule has 0 unspecified atom stereocenters. The first-order valence-electron chi connectivity index (χ1n) is 8.17. The minimum absolute atomic E-state index is 0.742. The summed E-state index contributed by atoms with van der Waals surface area (Å²) in [6.45, 7) is 6.06. The van der Waals surface area contributed by atoms with Crippen LogP contribution in [0.3, 0.4) is 0 Å². The molecule has 0 saturated heterocycles. The molecule has 0 atom stereocenters. The monoisotopic (exact) mass is 327 g/mol. The second kappa shape index (κ2) is 7.20. The van der Waals surface area contributed by atoms with Gasteiger partial charge in [-0.25, -0.2) is 0 Å². The Labute approximate surface area is 142 Å². The smallest absolute Gasteiger partial charge is 0.135 e. The van der Waals surface area contributed by atoms with Gasteiger partial charge < -0.3 is 9.73 Å². The Hall–Kier alpha value is -1.77. The summed E-state index contributed by atoms with van der Waals surface area (Å²) >= 11 is 6.04. The molecule has 1 heterocycles. The van der Waals surface area contributed by atoms with Crippen LogP contribution >= 0.6 is 11.6 Å². The van der Waals surface area contributed by atoms with E-state index >= 15 is 0 Å². The van der Waals surface area contributed by atoms with Crippen LogP contribution in [0.4, 0.5) is 0 Å². The normalized spacial score (nSPS) is 11.3. The predicted molar refractivity (Wildman–Crippen MR) is 98.0 cm³/mol. The Bertz CT molecular complexity index is 789. The summed E-state index contributed by atoms with van der Waals surface area (Å²) in [5.41, 5.74) is 4.49. The van der Waals surface area contributed by atoms with E-state index in [4.69, 9.17) is 16.0 Å². The van der Waals surface area contributed by atoms with Crippen LogP contribution < -0.4 is 5.32 Å². The average Bonchev–Trinajstić information content (AvgIpc) is 2.90. The van der Waals surface area contributed by atoms with Crippen molar-refractivity contribution in [1.29, 1.82) is 0 Å². The van der Waals surface area contributed by atoms with E-state index in [0.717, 1.165) is 35.0 Å². The summed E-state index contributed by atoms with van der Waals surface area (Å²) < 4.78 is 6.12. The van der Waals surface area contributed by atoms with Gasteiger partial charge in [0.25, 0.3) is 0 Å². The van der Waals surface area contributed by atoms with Gasteiger partial charge in [0.15, 0.2) is 0 Å². The lowest BCUT2D eigenvalue weighted by Gasteiger charge is -2.06. The Morgan fingerprint density at radius 1 is 1.09 bits per heavy atom. The number of nitrogens with one attached hydrogen (secondary N) is 1. The van der Waals surface area contributed by atoms with E-state index in [2.05, 4.69) is 49.5 Å². The van der Waals surface area contributed by atoms with Gasteiger partial charge in [-0.15, -0.1) is 0 Å². The van der Waals surface area contributed by atoms with Gasteiger partial charge >= 0.3 is 0 Å². The maximum atomic E-state index is 6.12. The number of rotatable bonds is 6. The fourth-order valence-corrected chi connectivity index (χ4v) is 2.95. The molecular weight excluding hydrogens is 306 g/mol. The van der Waals surface area contributed by atoms with Crippen molar-refractivity contribution in [3.8, 4) is 11.1 Å². The van der Waals surface area contributed by atoms with Crippen LogP contribution in [0.1, 0.15) is 31.1 Å². The number of hydrogen-bond donors (Lipinski definition) is 1. The van der Waals surface area contributed by atoms with Crippen LogP contribution in [0.15, 0.2) is 46.9 Å². The van der Waals surface area contributed by atoms with Gasteiger partial charge in [-0.2, -0.15) is 0 Å². The van der Waals surface area contributed by atoms with Crippen molar-refractivity contribution in [3.05, 3.63) is 58.8 Å². The Kier molecular flexibility index (Phi) is 5.04. The zero-order valence-corrected chi connectivity index (χ0v) is 14.4. The molecule has 23 heavy (non-hydrogen) atoms. The molecule has 0 aliphatic rings. The van der Waals surface area contributed by atoms with Crippen molar-refractivity contribution in [2.45, 2.75) is 33.2 Å². The van der Waals surface area contributed by atoms with Crippen molar-refractivity contribution in [2.24, 2.45) is 0 Å². The van der Waals surface area contributed by atoms with Gasteiger partial charge in [0.05, 0.1) is 6.54 Å². The second-order valence-electron chi connectivity index (χ2n) is 5.94. The third-order valence-corrected chi connectivity index (χ3v) is 4.29. The second-order valence-corrected chi connectivity index (χ2v) is 6.37. The third-order valence-electron chi connectivity index (χ3n) is 4.04. The molecule has 0 bridgehead atoms. The van der Waals surface area contributed by atoms with Gasteiger partial charge in [-0.1, -0.05) is 48.7 Å². The van der Waals surface area contributed by atoms with Crippen molar-refractivity contribution in [3.63, 3.8) is 0 Å². The standard InChI is InChI=1S/C20H22ClNO/c1-3-4-11-22-13-19-20(15-6-8-16(21)9-7-15)17-12-14(2)5-10-18(17)23-19/h5-10,12,22H,3-4,11,13H2,1-2H3. The molecule has 120 valence electrons. The summed E-state index contributed by atoms with van der Waals surface area (Å²) in [5, 5.41) is 5.40. The number of furan rings is 1. The summed E-state index contributed by atoms with van der Waals surface area (Å²) in [6, 6.07) is 14.3. The largest absolute Gasteiger partial charge is 0.459 e. The van der Waals surface area contributed by atoms with Gasteiger partial charge in [0.1, 0.15) is 11.3 Å². The van der Waals surface area contributed by atoms with Crippen molar-refractivity contribution in [2.75, 3.05) is 6.54 Å². The van der Waals surface area contributed by atoms with E-state index in [9.17, 15) is 0 Å². The molecule has 3 heteroatoms. The van der Waals surface area contributed by atoms with Gasteiger partial charge in [0, 0.05) is 16.0 Å². The van der Waals surface area contributed by atoms with Crippen LogP contribution in [0, 0.1) is 6.92 Å². The summed E-state index contributed by atoms with van der Waals surface area (Å²) in [6.07, 6.45) is 2.37. The fraction of sp³-hybridized carbons (Fsp3) is 0.300. The van der Waals surface area contributed by atoms with Gasteiger partial charge in [-0.05, 0) is 49.7 Å². The molecule has 1 N–H and O–H groups in total. The maximum Gasteiger partial charge on any atom is 0.135 e. The van der Waals surface area contributed by atoms with E-state index in [1.165, 1.54) is 29.4 Å². The highest BCUT2D eigenvalue weighted by atomic mass is 35.5. The third kappa shape index (κ3) is 3.60. The Balaban J connectivity index is 2.03. The number of benzene rings is 2. The minimum atomic E-state index is 0.742. The first kappa shape index (κ1) is 16.1. The lowest BCUT2D eigenvalue weighted by atomic mass is 10.0. The molecule has 0 spiro atoms. The fourth-order valence-electron chi connectivity index (χ4n) is 2.82. The zero-order chi connectivity index (χ0) is 16.2. The molecule has 2 aromatic carbocycles. The average molecular weight is 328 g/mol. The Morgan fingerprint density at radius 3 is 2.61 bits per heavy atom. The van der Waals surface area contributed by atoms with Gasteiger partial charge in [0.2, 0.25) is 0 Å². The molecule has 3 rings (SSSR count). The van der Waals surface area contributed by atoms with Crippen LogP contribution in [0.5, 0.6) is 0 Å². The summed E-state index contributed by atoms with van der Waals surface area (Å²) in [5.74, 6) is 0.990. The van der Waals surface area contributed by atoms with Crippen LogP contribution in [-0.2, 0) is 6.54 Å². The molecule has 0 amide bonds. The summed E-state index contributed by atoms with van der Waals surface area (Å²) in [4.78, 5) is 0. The summed E-state index contributed by atoms with van der Waals surface area (Å²) in [7, 11) is 0. The quantitative estimate of drug-likeness (QED) is 0.566. The number of unbranched alkanes of at least 4 members (excludes halogenated alkanes) is 1. The highest BCUT2D eigenvalue weighted by Crippen LogP contribution is 2.36. The maximum absolute atomic E-state index is 6.12. The van der Waals surface area contributed by atoms with Crippen molar-refractivity contribution < 1.29 is 4.42 Å². The van der Waals surface area contributed by atoms with Crippen LogP contribution in [0.25, 0.3) is 22.1 Å². The topological polar surface area (TPSA) is 25.2 Å². The molecule has 0 saturated carbocycles. The van der Waals surface area contributed by atoms with Crippen molar-refractivity contribution in [1.82, 2.24) is 5.32 Å². The van der Waals surface area contributed by atoms with E-state index in [-0.39, 0.29) is 0 Å². The van der Waals surface area contributed by atoms with Crippen LogP contribution in [-0.4, -0.2) is 6.54 Å². The molecule has 3 aromatic rings. The zero-order valence-electron chi connectivity index (χ0n) is 13.7. The molecule has 1 aromatic heterocycles. The first-order valence-corrected chi connectivity index (χ1v) is 8.55. The molecule has 0 aliphatic carbocycles. The first-order chi connectivity index (χ1) is 11.2. The number of fused-ring (bicyclic) bond motifs is 1. The number of aryl methyl sites for hydroxylation is 1. The lowest BCUT2D eigenvalue weighted by molar-refractivity contribution is 0.511. The van der Waals surface area contributed by atoms with Crippen LogP contribution in [0.2, 0.25) is 5.02 Å². The SMILES string of the molecule is CCCCNCc1oc2ccc(C)cc2c1-c1ccc(Cl)cc1. The highest BCUT2D eigenvalue weighted by molar-refractivity contribution is 6.30. The van der Waals surface area contributed by atoms with Crippen molar-refractivity contribution >= 4 is 22.6 Å². The van der Waals surface area contributed by atoms with Gasteiger partial charge in [-0.3, -0.25) is 0 Å². The highest BCUT2D eigenvalue weighted by Gasteiger charge is 2.15. The Morgan fingerprint density at radius 2 is 1.87 bits per heavy atom. The molecule has 0 radical (unpaired) electrons. The lowest BCUT2D eigenvalue weighted by Crippen LogP contribution is -2.14. The molecule has 0 aliphatic heterocycles. The predicted octanol–water partition coefficient (Wildman–Crippen LogP) is 5.95. The molecule has 0 fully saturated rings. The number of hydrogen-bond acceptors (Lipinski definition) is 2. The molecule has 2 nitrogen and oxygen atoms in total. The number of halogens is 1.